The molecule has 0 radical (unpaired) electrons. The second kappa shape index (κ2) is 12.3. The molecule has 1 amide bonds. The summed E-state index contributed by atoms with van der Waals surface area (Å²) in [6, 6.07) is 12.9. The zero-order valence-corrected chi connectivity index (χ0v) is 18.8. The molecule has 0 aliphatic carbocycles. The lowest BCUT2D eigenvalue weighted by atomic mass is 10.1. The first-order chi connectivity index (χ1) is 13.0. The van der Waals surface area contributed by atoms with E-state index in [-0.39, 0.29) is 35.7 Å². The Labute approximate surface area is 183 Å². The number of hydrogen-bond donors (Lipinski definition) is 3. The molecule has 0 heterocycles. The van der Waals surface area contributed by atoms with E-state index >= 15 is 0 Å². The molecule has 0 spiro atoms. The number of halogens is 2. The maximum atomic E-state index is 13.6. The van der Waals surface area contributed by atoms with Gasteiger partial charge in [0, 0.05) is 32.2 Å². The Morgan fingerprint density at radius 2 is 1.75 bits per heavy atom. The topological polar surface area (TPSA) is 65.5 Å². The van der Waals surface area contributed by atoms with E-state index in [1.165, 1.54) is 6.07 Å². The van der Waals surface area contributed by atoms with Gasteiger partial charge in [0.05, 0.1) is 0 Å². The number of nitrogens with zero attached hydrogens (tertiary/aromatic N) is 1. The monoisotopic (exact) mass is 498 g/mol. The van der Waals surface area contributed by atoms with Crippen molar-refractivity contribution < 1.29 is 9.18 Å². The van der Waals surface area contributed by atoms with E-state index in [4.69, 9.17) is 0 Å². The predicted molar refractivity (Wildman–Crippen MR) is 124 cm³/mol. The van der Waals surface area contributed by atoms with Crippen molar-refractivity contribution in [2.45, 2.75) is 39.8 Å². The average molecular weight is 498 g/mol. The number of amides is 1. The first kappa shape index (κ1) is 23.9. The first-order valence-corrected chi connectivity index (χ1v) is 9.10. The van der Waals surface area contributed by atoms with E-state index in [0.717, 1.165) is 23.2 Å². The van der Waals surface area contributed by atoms with E-state index in [9.17, 15) is 9.18 Å². The van der Waals surface area contributed by atoms with Crippen LogP contribution in [0.25, 0.3) is 0 Å². The van der Waals surface area contributed by atoms with Gasteiger partial charge in [-0.2, -0.15) is 0 Å². The van der Waals surface area contributed by atoms with Gasteiger partial charge in [-0.1, -0.05) is 31.2 Å². The minimum atomic E-state index is -0.209. The molecule has 0 aromatic heterocycles. The van der Waals surface area contributed by atoms with E-state index in [0.29, 0.717) is 31.0 Å². The Morgan fingerprint density at radius 3 is 2.36 bits per heavy atom. The van der Waals surface area contributed by atoms with Gasteiger partial charge < -0.3 is 16.0 Å². The van der Waals surface area contributed by atoms with Crippen LogP contribution < -0.4 is 16.0 Å². The molecular weight excluding hydrogens is 470 g/mol. The number of nitrogens with one attached hydrogen (secondary N) is 3. The SMILES string of the molecule is CCCC(=O)Nc1cccc(CNC(=NC)NCc2ccc(C)c(F)c2)c1.I. The van der Waals surface area contributed by atoms with Crippen LogP contribution in [-0.2, 0) is 17.9 Å². The lowest BCUT2D eigenvalue weighted by Crippen LogP contribution is -2.36. The van der Waals surface area contributed by atoms with Gasteiger partial charge >= 0.3 is 0 Å². The van der Waals surface area contributed by atoms with Crippen LogP contribution in [0.5, 0.6) is 0 Å². The molecule has 0 aliphatic heterocycles. The number of carbonyl (C=O) groups is 1. The van der Waals surface area contributed by atoms with Crippen LogP contribution >= 0.6 is 24.0 Å². The molecule has 0 fully saturated rings. The number of aryl methyl sites for hydroxylation is 1. The highest BCUT2D eigenvalue weighted by molar-refractivity contribution is 14.0. The Balaban J connectivity index is 0.00000392. The molecule has 0 saturated carbocycles. The molecule has 0 aliphatic rings. The van der Waals surface area contributed by atoms with Gasteiger partial charge in [0.15, 0.2) is 5.96 Å². The molecule has 0 unspecified atom stereocenters. The highest BCUT2D eigenvalue weighted by Gasteiger charge is 2.04. The molecule has 2 rings (SSSR count). The summed E-state index contributed by atoms with van der Waals surface area (Å²) in [6.07, 6.45) is 1.33. The second-order valence-electron chi connectivity index (χ2n) is 6.36. The fourth-order valence-corrected chi connectivity index (χ4v) is 2.55. The third kappa shape index (κ3) is 7.84. The molecule has 7 heteroatoms. The van der Waals surface area contributed by atoms with Crippen LogP contribution in [0.1, 0.15) is 36.5 Å². The third-order valence-electron chi connectivity index (χ3n) is 4.07. The molecule has 2 aromatic carbocycles. The molecule has 28 heavy (non-hydrogen) atoms. The highest BCUT2D eigenvalue weighted by Crippen LogP contribution is 2.11. The summed E-state index contributed by atoms with van der Waals surface area (Å²) in [5.74, 6) is 0.431. The van der Waals surface area contributed by atoms with Crippen LogP contribution in [0.4, 0.5) is 10.1 Å². The number of carbonyl (C=O) groups excluding carboxylic acids is 1. The molecule has 3 N–H and O–H groups in total. The smallest absolute Gasteiger partial charge is 0.224 e. The molecule has 5 nitrogen and oxygen atoms in total. The molecule has 0 bridgehead atoms. The fraction of sp³-hybridized carbons (Fsp3) is 0.333. The summed E-state index contributed by atoms with van der Waals surface area (Å²) in [6.45, 7) is 4.75. The number of benzene rings is 2. The lowest BCUT2D eigenvalue weighted by molar-refractivity contribution is -0.116. The van der Waals surface area contributed by atoms with Crippen LogP contribution in [0, 0.1) is 12.7 Å². The maximum Gasteiger partial charge on any atom is 0.224 e. The Bertz CT molecular complexity index is 811. The Morgan fingerprint density at radius 1 is 1.07 bits per heavy atom. The van der Waals surface area contributed by atoms with Crippen LogP contribution in [0.15, 0.2) is 47.5 Å². The lowest BCUT2D eigenvalue weighted by Gasteiger charge is -2.13. The van der Waals surface area contributed by atoms with Crippen molar-refractivity contribution in [2.75, 3.05) is 12.4 Å². The van der Waals surface area contributed by atoms with Crippen LogP contribution in [0.2, 0.25) is 0 Å². The van der Waals surface area contributed by atoms with Crippen molar-refractivity contribution in [1.29, 1.82) is 0 Å². The summed E-state index contributed by atoms with van der Waals surface area (Å²) in [5, 5.41) is 9.28. The van der Waals surface area contributed by atoms with E-state index < -0.39 is 0 Å². The van der Waals surface area contributed by atoms with Crippen molar-refractivity contribution in [3.05, 3.63) is 65.0 Å². The van der Waals surface area contributed by atoms with Gasteiger partial charge in [0.25, 0.3) is 0 Å². The Kier molecular flexibility index (Phi) is 10.5. The summed E-state index contributed by atoms with van der Waals surface area (Å²) in [4.78, 5) is 15.9. The summed E-state index contributed by atoms with van der Waals surface area (Å²) < 4.78 is 13.6. The molecule has 2 aromatic rings. The maximum absolute atomic E-state index is 13.6. The summed E-state index contributed by atoms with van der Waals surface area (Å²) >= 11 is 0. The summed E-state index contributed by atoms with van der Waals surface area (Å²) in [7, 11) is 1.69. The zero-order valence-electron chi connectivity index (χ0n) is 16.5. The van der Waals surface area contributed by atoms with Crippen molar-refractivity contribution in [1.82, 2.24) is 10.6 Å². The molecular formula is C21H28FIN4O. The van der Waals surface area contributed by atoms with Crippen molar-refractivity contribution in [3.8, 4) is 0 Å². The number of aliphatic imine (C=N–C) groups is 1. The quantitative estimate of drug-likeness (QED) is 0.302. The van der Waals surface area contributed by atoms with Crippen LogP contribution in [0.3, 0.4) is 0 Å². The minimum Gasteiger partial charge on any atom is -0.352 e. The summed E-state index contributed by atoms with van der Waals surface area (Å²) in [5.41, 5.74) is 3.29. The van der Waals surface area contributed by atoms with E-state index in [2.05, 4.69) is 20.9 Å². The number of hydrogen-bond acceptors (Lipinski definition) is 2. The van der Waals surface area contributed by atoms with Gasteiger partial charge in [-0.25, -0.2) is 4.39 Å². The highest BCUT2D eigenvalue weighted by atomic mass is 127. The molecule has 152 valence electrons. The van der Waals surface area contributed by atoms with Gasteiger partial charge in [0.2, 0.25) is 5.91 Å². The third-order valence-corrected chi connectivity index (χ3v) is 4.07. The van der Waals surface area contributed by atoms with Crippen LogP contribution in [-0.4, -0.2) is 18.9 Å². The van der Waals surface area contributed by atoms with Gasteiger partial charge in [-0.15, -0.1) is 24.0 Å². The first-order valence-electron chi connectivity index (χ1n) is 9.10. The van der Waals surface area contributed by atoms with Crippen molar-refractivity contribution in [2.24, 2.45) is 4.99 Å². The van der Waals surface area contributed by atoms with Crippen molar-refractivity contribution >= 4 is 41.5 Å². The van der Waals surface area contributed by atoms with E-state index in [1.807, 2.05) is 37.3 Å². The molecule has 0 atom stereocenters. The number of guanidine groups is 1. The van der Waals surface area contributed by atoms with Gasteiger partial charge in [-0.3, -0.25) is 9.79 Å². The average Bonchev–Trinajstić information content (AvgIpc) is 2.65. The zero-order chi connectivity index (χ0) is 19.6. The minimum absolute atomic E-state index is 0. The van der Waals surface area contributed by atoms with E-state index in [1.54, 1.807) is 20.0 Å². The van der Waals surface area contributed by atoms with Gasteiger partial charge in [-0.05, 0) is 48.2 Å². The normalized spacial score (nSPS) is 10.8. The number of rotatable bonds is 7. The fourth-order valence-electron chi connectivity index (χ4n) is 2.55. The Hall–Kier alpha value is -2.16. The second-order valence-corrected chi connectivity index (χ2v) is 6.36. The largest absolute Gasteiger partial charge is 0.352 e. The predicted octanol–water partition coefficient (Wildman–Crippen LogP) is 4.36. The van der Waals surface area contributed by atoms with Crippen molar-refractivity contribution in [3.63, 3.8) is 0 Å². The van der Waals surface area contributed by atoms with Gasteiger partial charge in [0.1, 0.15) is 5.82 Å². The number of anilines is 1. The molecule has 0 saturated heterocycles. The standard InChI is InChI=1S/C21H27FN4O.HI/c1-4-6-20(27)26-18-8-5-7-16(11-18)13-24-21(23-3)25-14-17-10-9-15(2)19(22)12-17;/h5,7-12H,4,6,13-14H2,1-3H3,(H,26,27)(H2,23,24,25);1H.